The number of nitrogens with one attached hydrogen (secondary N) is 2. The average Bonchev–Trinajstić information content (AvgIpc) is 3.00. The lowest BCUT2D eigenvalue weighted by Crippen LogP contribution is -2.08. The number of nitrogens with zero attached hydrogens (tertiary/aromatic N) is 3. The van der Waals surface area contributed by atoms with Gasteiger partial charge in [0.05, 0.1) is 11.9 Å². The van der Waals surface area contributed by atoms with Gasteiger partial charge >= 0.3 is 0 Å². The lowest BCUT2D eigenvalue weighted by molar-refractivity contribution is 0.0174. The minimum atomic E-state index is -2.92. The molecule has 7 heteroatoms. The van der Waals surface area contributed by atoms with Crippen molar-refractivity contribution >= 4 is 11.6 Å². The van der Waals surface area contributed by atoms with E-state index in [2.05, 4.69) is 25.5 Å². The number of aromatic nitrogens is 4. The lowest BCUT2D eigenvalue weighted by Gasteiger charge is -2.12. The zero-order valence-electron chi connectivity index (χ0n) is 12.6. The van der Waals surface area contributed by atoms with Crippen molar-refractivity contribution in [2.75, 3.05) is 5.32 Å². The highest BCUT2D eigenvalue weighted by Crippen LogP contribution is 2.28. The fourth-order valence-corrected chi connectivity index (χ4v) is 2.17. The van der Waals surface area contributed by atoms with E-state index in [1.54, 1.807) is 12.4 Å². The molecular formula is C16H15F2N5. The van der Waals surface area contributed by atoms with E-state index >= 15 is 0 Å². The van der Waals surface area contributed by atoms with E-state index in [0.29, 0.717) is 11.6 Å². The third-order valence-electron chi connectivity index (χ3n) is 3.29. The Labute approximate surface area is 131 Å². The minimum Gasteiger partial charge on any atom is -0.325 e. The molecule has 23 heavy (non-hydrogen) atoms. The number of rotatable bonds is 4. The van der Waals surface area contributed by atoms with Gasteiger partial charge in [-0.25, -0.2) is 18.7 Å². The van der Waals surface area contributed by atoms with Crippen LogP contribution in [0.25, 0.3) is 11.3 Å². The van der Waals surface area contributed by atoms with E-state index in [-0.39, 0.29) is 5.56 Å². The van der Waals surface area contributed by atoms with Gasteiger partial charge in [-0.2, -0.15) is 5.10 Å². The number of pyridine rings is 2. The molecule has 0 aliphatic rings. The highest BCUT2D eigenvalue weighted by Gasteiger charge is 2.24. The van der Waals surface area contributed by atoms with E-state index < -0.39 is 5.92 Å². The van der Waals surface area contributed by atoms with Crippen molar-refractivity contribution in [2.45, 2.75) is 19.8 Å². The van der Waals surface area contributed by atoms with Crippen molar-refractivity contribution in [3.05, 3.63) is 54.0 Å². The molecule has 0 aliphatic carbocycles. The summed E-state index contributed by atoms with van der Waals surface area (Å²) in [5, 5.41) is 9.61. The standard InChI is InChI=1S/C16H15F2N5/c1-10-5-13(11-8-20-21-9-11)22-15(6-10)23-14-7-12(3-4-19-14)16(2,17)18/h3-9H,1-2H3,(H,20,21)(H,19,22,23). The molecule has 0 saturated carbocycles. The van der Waals surface area contributed by atoms with Gasteiger partial charge in [-0.1, -0.05) is 0 Å². The van der Waals surface area contributed by atoms with Crippen LogP contribution >= 0.6 is 0 Å². The molecule has 0 radical (unpaired) electrons. The van der Waals surface area contributed by atoms with Crippen LogP contribution in [0.4, 0.5) is 20.4 Å². The molecule has 0 bridgehead atoms. The van der Waals surface area contributed by atoms with Gasteiger partial charge in [0.1, 0.15) is 11.6 Å². The summed E-state index contributed by atoms with van der Waals surface area (Å²) in [6, 6.07) is 6.36. The maximum absolute atomic E-state index is 13.4. The smallest absolute Gasteiger partial charge is 0.270 e. The van der Waals surface area contributed by atoms with Crippen LogP contribution in [0, 0.1) is 6.92 Å². The number of aromatic amines is 1. The van der Waals surface area contributed by atoms with Crippen LogP contribution in [0.2, 0.25) is 0 Å². The minimum absolute atomic E-state index is 0.0993. The van der Waals surface area contributed by atoms with Gasteiger partial charge in [0.15, 0.2) is 0 Å². The average molecular weight is 315 g/mol. The van der Waals surface area contributed by atoms with Crippen LogP contribution in [-0.2, 0) is 5.92 Å². The number of anilines is 2. The van der Waals surface area contributed by atoms with Crippen molar-refractivity contribution in [3.8, 4) is 11.3 Å². The van der Waals surface area contributed by atoms with Gasteiger partial charge in [-0.3, -0.25) is 5.10 Å². The molecule has 0 atom stereocenters. The van der Waals surface area contributed by atoms with Crippen LogP contribution in [0.5, 0.6) is 0 Å². The Kier molecular flexibility index (Phi) is 3.77. The first kappa shape index (κ1) is 15.1. The molecule has 3 rings (SSSR count). The van der Waals surface area contributed by atoms with Crippen LogP contribution in [0.3, 0.4) is 0 Å². The predicted octanol–water partition coefficient (Wildman–Crippen LogP) is 4.03. The number of H-pyrrole nitrogens is 1. The molecule has 3 aromatic heterocycles. The summed E-state index contributed by atoms with van der Waals surface area (Å²) in [5.41, 5.74) is 2.46. The molecule has 0 saturated heterocycles. The SMILES string of the molecule is Cc1cc(Nc2cc(C(C)(F)F)ccn2)nc(-c2cn[nH]c2)c1. The zero-order chi connectivity index (χ0) is 16.4. The number of aryl methyl sites for hydroxylation is 1. The first-order chi connectivity index (χ1) is 10.9. The summed E-state index contributed by atoms with van der Waals surface area (Å²) < 4.78 is 26.8. The Bertz CT molecular complexity index is 810. The summed E-state index contributed by atoms with van der Waals surface area (Å²) in [6.45, 7) is 2.79. The van der Waals surface area contributed by atoms with Crippen molar-refractivity contribution in [1.82, 2.24) is 20.2 Å². The number of hydrogen-bond donors (Lipinski definition) is 2. The van der Waals surface area contributed by atoms with Crippen molar-refractivity contribution in [2.24, 2.45) is 0 Å². The molecule has 3 aromatic rings. The highest BCUT2D eigenvalue weighted by atomic mass is 19.3. The van der Waals surface area contributed by atoms with Crippen molar-refractivity contribution in [1.29, 1.82) is 0 Å². The third-order valence-corrected chi connectivity index (χ3v) is 3.29. The molecule has 0 fully saturated rings. The van der Waals surface area contributed by atoms with Gasteiger partial charge < -0.3 is 5.32 Å². The molecule has 0 unspecified atom stereocenters. The fourth-order valence-electron chi connectivity index (χ4n) is 2.17. The summed E-state index contributed by atoms with van der Waals surface area (Å²) in [7, 11) is 0. The monoisotopic (exact) mass is 315 g/mol. The lowest BCUT2D eigenvalue weighted by atomic mass is 10.1. The largest absolute Gasteiger partial charge is 0.325 e. The Morgan fingerprint density at radius 1 is 1.17 bits per heavy atom. The number of alkyl halides is 2. The molecule has 0 spiro atoms. The van der Waals surface area contributed by atoms with Crippen LogP contribution in [0.1, 0.15) is 18.1 Å². The molecule has 0 aromatic carbocycles. The van der Waals surface area contributed by atoms with Gasteiger partial charge in [0.2, 0.25) is 0 Å². The van der Waals surface area contributed by atoms with Gasteiger partial charge in [0, 0.05) is 30.4 Å². The first-order valence-electron chi connectivity index (χ1n) is 7.01. The third kappa shape index (κ3) is 3.50. The summed E-state index contributed by atoms with van der Waals surface area (Å²) in [4.78, 5) is 8.53. The second-order valence-electron chi connectivity index (χ2n) is 5.35. The molecule has 0 aliphatic heterocycles. The van der Waals surface area contributed by atoms with Crippen LogP contribution in [0.15, 0.2) is 42.9 Å². The predicted molar refractivity (Wildman–Crippen MR) is 83.6 cm³/mol. The molecule has 3 heterocycles. The normalized spacial score (nSPS) is 11.5. The zero-order valence-corrected chi connectivity index (χ0v) is 12.6. The van der Waals surface area contributed by atoms with E-state index in [1.165, 1.54) is 18.3 Å². The molecule has 0 amide bonds. The Balaban J connectivity index is 1.92. The van der Waals surface area contributed by atoms with Crippen molar-refractivity contribution in [3.63, 3.8) is 0 Å². The summed E-state index contributed by atoms with van der Waals surface area (Å²) in [5.74, 6) is -2.06. The van der Waals surface area contributed by atoms with E-state index in [0.717, 1.165) is 23.7 Å². The van der Waals surface area contributed by atoms with Gasteiger partial charge in [-0.05, 0) is 36.8 Å². The molecule has 5 nitrogen and oxygen atoms in total. The molecular weight excluding hydrogens is 300 g/mol. The maximum atomic E-state index is 13.4. The highest BCUT2D eigenvalue weighted by molar-refractivity contribution is 5.63. The quantitative estimate of drug-likeness (QED) is 0.763. The maximum Gasteiger partial charge on any atom is 0.270 e. The number of hydrogen-bond acceptors (Lipinski definition) is 4. The Hall–Kier alpha value is -2.83. The van der Waals surface area contributed by atoms with Gasteiger partial charge in [-0.15, -0.1) is 0 Å². The summed E-state index contributed by atoms with van der Waals surface area (Å²) in [6.07, 6.45) is 4.76. The Morgan fingerprint density at radius 3 is 2.70 bits per heavy atom. The Morgan fingerprint density at radius 2 is 2.00 bits per heavy atom. The van der Waals surface area contributed by atoms with Crippen LogP contribution in [-0.4, -0.2) is 20.2 Å². The molecule has 118 valence electrons. The summed E-state index contributed by atoms with van der Waals surface area (Å²) >= 11 is 0. The topological polar surface area (TPSA) is 66.5 Å². The second-order valence-corrected chi connectivity index (χ2v) is 5.35. The van der Waals surface area contributed by atoms with Gasteiger partial charge in [0.25, 0.3) is 5.92 Å². The number of halogens is 2. The second kappa shape index (κ2) is 5.75. The van der Waals surface area contributed by atoms with E-state index in [1.807, 2.05) is 19.1 Å². The van der Waals surface area contributed by atoms with E-state index in [9.17, 15) is 8.78 Å². The first-order valence-corrected chi connectivity index (χ1v) is 7.01. The molecule has 2 N–H and O–H groups in total. The van der Waals surface area contributed by atoms with Crippen LogP contribution < -0.4 is 5.32 Å². The van der Waals surface area contributed by atoms with Crippen molar-refractivity contribution < 1.29 is 8.78 Å². The fraction of sp³-hybridized carbons (Fsp3) is 0.188. The van der Waals surface area contributed by atoms with E-state index in [4.69, 9.17) is 0 Å².